The van der Waals surface area contributed by atoms with E-state index >= 15 is 0 Å². The number of aliphatic carboxylic acids is 1. The van der Waals surface area contributed by atoms with Gasteiger partial charge in [0, 0.05) is 33.6 Å². The second-order valence-electron chi connectivity index (χ2n) is 9.08. The zero-order chi connectivity index (χ0) is 23.1. The third kappa shape index (κ3) is 3.91. The molecular formula is C25H28Cl2N2O3. The van der Waals surface area contributed by atoms with Gasteiger partial charge in [0.25, 0.3) is 0 Å². The molecular weight excluding hydrogens is 447 g/mol. The first-order chi connectivity index (χ1) is 15.2. The van der Waals surface area contributed by atoms with Crippen LogP contribution < -0.4 is 0 Å². The molecule has 1 saturated carbocycles. The van der Waals surface area contributed by atoms with Crippen molar-refractivity contribution < 1.29 is 14.7 Å². The summed E-state index contributed by atoms with van der Waals surface area (Å²) in [5.41, 5.74) is 0.634. The second-order valence-corrected chi connectivity index (χ2v) is 9.90. The molecule has 170 valence electrons. The Bertz CT molecular complexity index is 1020. The molecule has 1 N–H and O–H groups in total. The van der Waals surface area contributed by atoms with E-state index in [9.17, 15) is 14.7 Å². The molecule has 1 aliphatic heterocycles. The van der Waals surface area contributed by atoms with Gasteiger partial charge in [-0.05, 0) is 48.4 Å². The van der Waals surface area contributed by atoms with Crippen molar-refractivity contribution in [2.75, 3.05) is 26.7 Å². The van der Waals surface area contributed by atoms with Gasteiger partial charge >= 0.3 is 5.97 Å². The van der Waals surface area contributed by atoms with Crippen LogP contribution in [0, 0.1) is 5.92 Å². The molecule has 1 aliphatic carbocycles. The monoisotopic (exact) mass is 474 g/mol. The lowest BCUT2D eigenvalue weighted by atomic mass is 9.79. The Hall–Kier alpha value is -2.08. The van der Waals surface area contributed by atoms with Crippen molar-refractivity contribution in [3.63, 3.8) is 0 Å². The molecule has 2 atom stereocenters. The van der Waals surface area contributed by atoms with Crippen LogP contribution >= 0.6 is 23.2 Å². The predicted octanol–water partition coefficient (Wildman–Crippen LogP) is 4.81. The maximum absolute atomic E-state index is 12.3. The first kappa shape index (κ1) is 23.1. The number of halogens is 2. The summed E-state index contributed by atoms with van der Waals surface area (Å²) >= 11 is 12.2. The van der Waals surface area contributed by atoms with Crippen LogP contribution in [-0.4, -0.2) is 53.5 Å². The molecule has 1 amide bonds. The number of carbonyl (C=O) groups excluding carboxylic acids is 1. The number of piperidine rings is 1. The summed E-state index contributed by atoms with van der Waals surface area (Å²) in [6.45, 7) is 3.93. The van der Waals surface area contributed by atoms with Gasteiger partial charge in [0.1, 0.15) is 0 Å². The van der Waals surface area contributed by atoms with Crippen LogP contribution in [0.1, 0.15) is 37.3 Å². The molecule has 0 unspecified atom stereocenters. The zero-order valence-electron chi connectivity index (χ0n) is 18.4. The van der Waals surface area contributed by atoms with Crippen LogP contribution in [0.3, 0.4) is 0 Å². The molecule has 1 saturated heterocycles. The van der Waals surface area contributed by atoms with Crippen LogP contribution in [0.5, 0.6) is 0 Å². The second kappa shape index (κ2) is 8.69. The lowest BCUT2D eigenvalue weighted by molar-refractivity contribution is -0.141. The van der Waals surface area contributed by atoms with E-state index in [1.165, 1.54) is 0 Å². The van der Waals surface area contributed by atoms with E-state index in [1.807, 2.05) is 30.1 Å². The van der Waals surface area contributed by atoms with E-state index < -0.39 is 11.4 Å². The number of likely N-dealkylation sites (tertiary alicyclic amines) is 1. The van der Waals surface area contributed by atoms with Crippen LogP contribution in [-0.2, 0) is 20.5 Å². The Morgan fingerprint density at radius 1 is 1.06 bits per heavy atom. The largest absolute Gasteiger partial charge is 0.481 e. The highest BCUT2D eigenvalue weighted by atomic mass is 35.5. The first-order valence-electron chi connectivity index (χ1n) is 10.9. The number of carboxylic acids is 1. The Labute approximate surface area is 198 Å². The standard InChI is InChI=1S/C25H28Cl2N2O3/c1-17(30)28(2)24(18-6-4-3-5-7-18)10-12-29(13-11-24)16-20-15-25(20,23(31)32)19-8-9-21(26)22(27)14-19/h3-9,14,20H,10-13,15-16H2,1-2H3,(H,31,32)/t20-,25+/m0/s1. The van der Waals surface area contributed by atoms with E-state index in [4.69, 9.17) is 23.2 Å². The number of carboxylic acid groups (broad SMARTS) is 1. The minimum atomic E-state index is -0.904. The summed E-state index contributed by atoms with van der Waals surface area (Å²) in [6, 6.07) is 15.3. The van der Waals surface area contributed by atoms with Gasteiger partial charge < -0.3 is 14.9 Å². The van der Waals surface area contributed by atoms with Crippen molar-refractivity contribution in [3.8, 4) is 0 Å². The highest BCUT2D eigenvalue weighted by Crippen LogP contribution is 2.56. The average Bonchev–Trinajstić information content (AvgIpc) is 3.51. The molecule has 0 bridgehead atoms. The van der Waals surface area contributed by atoms with E-state index in [0.717, 1.165) is 37.1 Å². The molecule has 1 heterocycles. The fourth-order valence-corrected chi connectivity index (χ4v) is 5.65. The molecule has 0 spiro atoms. The van der Waals surface area contributed by atoms with Crippen LogP contribution in [0.25, 0.3) is 0 Å². The van der Waals surface area contributed by atoms with E-state index in [1.54, 1.807) is 25.1 Å². The van der Waals surface area contributed by atoms with Crippen molar-refractivity contribution in [2.45, 2.75) is 37.1 Å². The molecule has 5 nitrogen and oxygen atoms in total. The van der Waals surface area contributed by atoms with Crippen molar-refractivity contribution in [3.05, 3.63) is 69.7 Å². The molecule has 32 heavy (non-hydrogen) atoms. The van der Waals surface area contributed by atoms with Gasteiger partial charge in [0.15, 0.2) is 0 Å². The topological polar surface area (TPSA) is 60.9 Å². The minimum absolute atomic E-state index is 0.0204. The van der Waals surface area contributed by atoms with Crippen molar-refractivity contribution in [1.82, 2.24) is 9.80 Å². The van der Waals surface area contributed by atoms with Gasteiger partial charge in [-0.2, -0.15) is 0 Å². The smallest absolute Gasteiger partial charge is 0.314 e. The minimum Gasteiger partial charge on any atom is -0.481 e. The summed E-state index contributed by atoms with van der Waals surface area (Å²) in [5, 5.41) is 10.9. The Morgan fingerprint density at radius 3 is 2.28 bits per heavy atom. The molecule has 4 rings (SSSR count). The molecule has 0 aromatic heterocycles. The summed E-state index contributed by atoms with van der Waals surface area (Å²) in [4.78, 5) is 28.7. The highest BCUT2D eigenvalue weighted by Gasteiger charge is 2.62. The Kier molecular flexibility index (Phi) is 6.27. The van der Waals surface area contributed by atoms with Crippen molar-refractivity contribution in [2.24, 2.45) is 5.92 Å². The van der Waals surface area contributed by atoms with Gasteiger partial charge in [-0.1, -0.05) is 59.6 Å². The molecule has 2 aliphatic rings. The number of benzene rings is 2. The Balaban J connectivity index is 1.49. The van der Waals surface area contributed by atoms with Crippen molar-refractivity contribution in [1.29, 1.82) is 0 Å². The van der Waals surface area contributed by atoms with Crippen LogP contribution in [0.4, 0.5) is 0 Å². The maximum atomic E-state index is 12.3. The van der Waals surface area contributed by atoms with Crippen molar-refractivity contribution >= 4 is 35.1 Å². The SMILES string of the molecule is CC(=O)N(C)C1(c2ccccc2)CCN(C[C@@H]2C[C@@]2(C(=O)O)c2ccc(Cl)c(Cl)c2)CC1. The fraction of sp³-hybridized carbons (Fsp3) is 0.440. The molecule has 0 radical (unpaired) electrons. The molecule has 2 aromatic rings. The third-order valence-corrected chi connectivity index (χ3v) is 8.25. The third-order valence-electron chi connectivity index (χ3n) is 7.51. The summed E-state index contributed by atoms with van der Waals surface area (Å²) in [7, 11) is 1.88. The number of hydrogen-bond donors (Lipinski definition) is 1. The van der Waals surface area contributed by atoms with Crippen LogP contribution in [0.2, 0.25) is 10.0 Å². The van der Waals surface area contributed by atoms with Crippen LogP contribution in [0.15, 0.2) is 48.5 Å². The van der Waals surface area contributed by atoms with Gasteiger partial charge in [0.2, 0.25) is 5.91 Å². The number of carbonyl (C=O) groups is 2. The molecule has 2 aromatic carbocycles. The predicted molar refractivity (Wildman–Crippen MR) is 126 cm³/mol. The fourth-order valence-electron chi connectivity index (χ4n) is 5.35. The Morgan fingerprint density at radius 2 is 1.72 bits per heavy atom. The molecule has 2 fully saturated rings. The quantitative estimate of drug-likeness (QED) is 0.652. The summed E-state index contributed by atoms with van der Waals surface area (Å²) < 4.78 is 0. The van der Waals surface area contributed by atoms with E-state index in [-0.39, 0.29) is 17.4 Å². The van der Waals surface area contributed by atoms with E-state index in [0.29, 0.717) is 23.0 Å². The normalized spacial score (nSPS) is 24.7. The number of amides is 1. The lowest BCUT2D eigenvalue weighted by Gasteiger charge is -2.47. The average molecular weight is 475 g/mol. The lowest BCUT2D eigenvalue weighted by Crippen LogP contribution is -2.53. The number of nitrogens with zero attached hydrogens (tertiary/aromatic N) is 2. The van der Waals surface area contributed by atoms with E-state index in [2.05, 4.69) is 17.0 Å². The highest BCUT2D eigenvalue weighted by molar-refractivity contribution is 6.42. The number of rotatable bonds is 6. The first-order valence-corrected chi connectivity index (χ1v) is 11.7. The summed E-state index contributed by atoms with van der Waals surface area (Å²) in [6.07, 6.45) is 2.22. The summed E-state index contributed by atoms with van der Waals surface area (Å²) in [5.74, 6) is -0.742. The maximum Gasteiger partial charge on any atom is 0.314 e. The van der Waals surface area contributed by atoms with Gasteiger partial charge in [-0.15, -0.1) is 0 Å². The zero-order valence-corrected chi connectivity index (χ0v) is 19.9. The molecule has 7 heteroatoms. The van der Waals surface area contributed by atoms with Gasteiger partial charge in [-0.3, -0.25) is 9.59 Å². The van der Waals surface area contributed by atoms with Gasteiger partial charge in [0.05, 0.1) is 21.0 Å². The number of hydrogen-bond acceptors (Lipinski definition) is 3. The van der Waals surface area contributed by atoms with Gasteiger partial charge in [-0.25, -0.2) is 0 Å².